The first-order valence-electron chi connectivity index (χ1n) is 11.9. The molecular formula is C26H34N2O5S. The molecule has 184 valence electrons. The molecule has 0 aromatic heterocycles. The van der Waals surface area contributed by atoms with Gasteiger partial charge >= 0.3 is 0 Å². The molecule has 2 aromatic carbocycles. The van der Waals surface area contributed by atoms with Crippen molar-refractivity contribution in [2.24, 2.45) is 5.92 Å². The molecule has 1 unspecified atom stereocenters. The molecule has 2 heterocycles. The first-order valence-corrected chi connectivity index (χ1v) is 13.3. The first-order chi connectivity index (χ1) is 16.3. The number of hydrogen-bond acceptors (Lipinski definition) is 5. The molecule has 8 heteroatoms. The Hall–Kier alpha value is -2.58. The van der Waals surface area contributed by atoms with Gasteiger partial charge in [0.15, 0.2) is 0 Å². The molecule has 4 rings (SSSR count). The van der Waals surface area contributed by atoms with Gasteiger partial charge < -0.3 is 14.4 Å². The van der Waals surface area contributed by atoms with Gasteiger partial charge in [0.1, 0.15) is 11.5 Å². The Morgan fingerprint density at radius 3 is 2.29 bits per heavy atom. The fourth-order valence-corrected chi connectivity index (χ4v) is 6.60. The van der Waals surface area contributed by atoms with E-state index in [1.165, 1.54) is 4.31 Å². The Balaban J connectivity index is 1.45. The molecule has 2 aliphatic heterocycles. The van der Waals surface area contributed by atoms with E-state index in [4.69, 9.17) is 9.47 Å². The van der Waals surface area contributed by atoms with Gasteiger partial charge in [-0.25, -0.2) is 8.42 Å². The Labute approximate surface area is 202 Å². The van der Waals surface area contributed by atoms with Gasteiger partial charge in [0.05, 0.1) is 25.2 Å². The number of amides is 1. The molecule has 34 heavy (non-hydrogen) atoms. The number of benzene rings is 2. The van der Waals surface area contributed by atoms with E-state index in [-0.39, 0.29) is 17.9 Å². The highest BCUT2D eigenvalue weighted by Crippen LogP contribution is 2.40. The van der Waals surface area contributed by atoms with Crippen molar-refractivity contribution >= 4 is 15.9 Å². The van der Waals surface area contributed by atoms with E-state index < -0.39 is 10.0 Å². The monoisotopic (exact) mass is 486 g/mol. The summed E-state index contributed by atoms with van der Waals surface area (Å²) in [4.78, 5) is 15.8. The standard InChI is InChI=1S/C26H34N2O5S/c1-18-7-9-22(16-19(18)2)34(30,31)27-14-11-20(12-15-27)26(29)28-13-5-6-24(28)23-10-8-21(32-3)17-25(23)33-4/h7-10,16-17,20,24H,5-6,11-15H2,1-4H3. The molecule has 1 amide bonds. The summed E-state index contributed by atoms with van der Waals surface area (Å²) in [5, 5.41) is 0. The van der Waals surface area contributed by atoms with Crippen LogP contribution in [-0.4, -0.2) is 57.4 Å². The summed E-state index contributed by atoms with van der Waals surface area (Å²) < 4.78 is 38.7. The molecule has 0 aliphatic carbocycles. The van der Waals surface area contributed by atoms with Gasteiger partial charge in [-0.3, -0.25) is 4.79 Å². The lowest BCUT2D eigenvalue weighted by atomic mass is 9.95. The fourth-order valence-electron chi connectivity index (χ4n) is 5.05. The third-order valence-corrected chi connectivity index (χ3v) is 9.15. The van der Waals surface area contributed by atoms with Gasteiger partial charge in [-0.2, -0.15) is 4.31 Å². The molecule has 0 saturated carbocycles. The molecule has 0 N–H and O–H groups in total. The molecule has 7 nitrogen and oxygen atoms in total. The van der Waals surface area contributed by atoms with E-state index >= 15 is 0 Å². The van der Waals surface area contributed by atoms with Crippen LogP contribution in [0.4, 0.5) is 0 Å². The zero-order valence-electron chi connectivity index (χ0n) is 20.4. The van der Waals surface area contributed by atoms with Gasteiger partial charge in [-0.05, 0) is 74.9 Å². The topological polar surface area (TPSA) is 76.2 Å². The van der Waals surface area contributed by atoms with Crippen LogP contribution in [0, 0.1) is 19.8 Å². The second-order valence-electron chi connectivity index (χ2n) is 9.22. The Bertz CT molecular complexity index is 1160. The summed E-state index contributed by atoms with van der Waals surface area (Å²) in [5.74, 6) is 1.38. The zero-order valence-corrected chi connectivity index (χ0v) is 21.2. The number of sulfonamides is 1. The van der Waals surface area contributed by atoms with Crippen molar-refractivity contribution in [3.8, 4) is 11.5 Å². The van der Waals surface area contributed by atoms with Crippen molar-refractivity contribution in [1.29, 1.82) is 0 Å². The number of carbonyl (C=O) groups is 1. The third-order valence-electron chi connectivity index (χ3n) is 7.25. The number of ether oxygens (including phenoxy) is 2. The summed E-state index contributed by atoms with van der Waals surface area (Å²) in [7, 11) is -0.311. The normalized spacial score (nSPS) is 19.9. The minimum atomic E-state index is -3.56. The first kappa shape index (κ1) is 24.5. The predicted molar refractivity (Wildman–Crippen MR) is 131 cm³/mol. The van der Waals surface area contributed by atoms with E-state index in [0.29, 0.717) is 43.1 Å². The summed E-state index contributed by atoms with van der Waals surface area (Å²) in [6.45, 7) is 5.31. The summed E-state index contributed by atoms with van der Waals surface area (Å²) in [6, 6.07) is 10.9. The van der Waals surface area contributed by atoms with Crippen LogP contribution in [0.15, 0.2) is 41.3 Å². The maximum atomic E-state index is 13.5. The van der Waals surface area contributed by atoms with Crippen LogP contribution in [0.25, 0.3) is 0 Å². The highest BCUT2D eigenvalue weighted by molar-refractivity contribution is 7.89. The largest absolute Gasteiger partial charge is 0.497 e. The quantitative estimate of drug-likeness (QED) is 0.615. The lowest BCUT2D eigenvalue weighted by molar-refractivity contribution is -0.137. The summed E-state index contributed by atoms with van der Waals surface area (Å²) in [6.07, 6.45) is 2.89. The van der Waals surface area contributed by atoms with E-state index in [9.17, 15) is 13.2 Å². The van der Waals surface area contributed by atoms with E-state index in [2.05, 4.69) is 0 Å². The van der Waals surface area contributed by atoms with Crippen molar-refractivity contribution < 1.29 is 22.7 Å². The average Bonchev–Trinajstić information content (AvgIpc) is 3.34. The lowest BCUT2D eigenvalue weighted by Crippen LogP contribution is -2.44. The SMILES string of the molecule is COc1ccc(C2CCCN2C(=O)C2CCN(S(=O)(=O)c3ccc(C)c(C)c3)CC2)c(OC)c1. The minimum Gasteiger partial charge on any atom is -0.497 e. The number of rotatable bonds is 6. The van der Waals surface area contributed by atoms with Crippen LogP contribution in [-0.2, 0) is 14.8 Å². The Morgan fingerprint density at radius 1 is 0.912 bits per heavy atom. The molecule has 0 spiro atoms. The highest BCUT2D eigenvalue weighted by Gasteiger charge is 2.38. The number of aryl methyl sites for hydroxylation is 2. The summed E-state index contributed by atoms with van der Waals surface area (Å²) in [5.41, 5.74) is 3.01. The Morgan fingerprint density at radius 2 is 1.65 bits per heavy atom. The van der Waals surface area contributed by atoms with Crippen molar-refractivity contribution in [2.45, 2.75) is 50.5 Å². The van der Waals surface area contributed by atoms with Gasteiger partial charge in [-0.15, -0.1) is 0 Å². The van der Waals surface area contributed by atoms with Gasteiger partial charge in [-0.1, -0.05) is 6.07 Å². The molecule has 2 aliphatic rings. The second kappa shape index (κ2) is 9.96. The third kappa shape index (κ3) is 4.66. The van der Waals surface area contributed by atoms with Crippen molar-refractivity contribution in [2.75, 3.05) is 33.9 Å². The minimum absolute atomic E-state index is 0.0364. The molecule has 2 saturated heterocycles. The van der Waals surface area contributed by atoms with Crippen LogP contribution in [0.2, 0.25) is 0 Å². The van der Waals surface area contributed by atoms with Crippen molar-refractivity contribution in [3.63, 3.8) is 0 Å². The number of carbonyl (C=O) groups excluding carboxylic acids is 1. The van der Waals surface area contributed by atoms with Crippen LogP contribution in [0.1, 0.15) is 48.4 Å². The number of nitrogens with zero attached hydrogens (tertiary/aromatic N) is 2. The maximum absolute atomic E-state index is 13.5. The molecular weight excluding hydrogens is 452 g/mol. The molecule has 0 radical (unpaired) electrons. The summed E-state index contributed by atoms with van der Waals surface area (Å²) >= 11 is 0. The van der Waals surface area contributed by atoms with Gasteiger partial charge in [0.2, 0.25) is 15.9 Å². The van der Waals surface area contributed by atoms with Crippen LogP contribution < -0.4 is 9.47 Å². The number of hydrogen-bond donors (Lipinski definition) is 0. The molecule has 1 atom stereocenters. The fraction of sp³-hybridized carbons (Fsp3) is 0.500. The lowest BCUT2D eigenvalue weighted by Gasteiger charge is -2.34. The smallest absolute Gasteiger partial charge is 0.243 e. The van der Waals surface area contributed by atoms with Crippen LogP contribution in [0.3, 0.4) is 0 Å². The number of likely N-dealkylation sites (tertiary alicyclic amines) is 1. The van der Waals surface area contributed by atoms with Crippen LogP contribution >= 0.6 is 0 Å². The van der Waals surface area contributed by atoms with E-state index in [1.54, 1.807) is 26.4 Å². The van der Waals surface area contributed by atoms with E-state index in [1.807, 2.05) is 43.0 Å². The van der Waals surface area contributed by atoms with Crippen molar-refractivity contribution in [3.05, 3.63) is 53.1 Å². The second-order valence-corrected chi connectivity index (χ2v) is 11.2. The van der Waals surface area contributed by atoms with Gasteiger partial charge in [0.25, 0.3) is 0 Å². The van der Waals surface area contributed by atoms with E-state index in [0.717, 1.165) is 35.3 Å². The number of methoxy groups -OCH3 is 2. The number of piperidine rings is 1. The average molecular weight is 487 g/mol. The molecule has 2 aromatic rings. The van der Waals surface area contributed by atoms with Crippen molar-refractivity contribution in [1.82, 2.24) is 9.21 Å². The maximum Gasteiger partial charge on any atom is 0.243 e. The predicted octanol–water partition coefficient (Wildman–Crippen LogP) is 4.09. The highest BCUT2D eigenvalue weighted by atomic mass is 32.2. The molecule has 2 fully saturated rings. The van der Waals surface area contributed by atoms with Crippen LogP contribution in [0.5, 0.6) is 11.5 Å². The van der Waals surface area contributed by atoms with Gasteiger partial charge in [0, 0.05) is 37.2 Å². The Kier molecular flexibility index (Phi) is 7.19. The zero-order chi connectivity index (χ0) is 24.5. The molecule has 0 bridgehead atoms.